The van der Waals surface area contributed by atoms with E-state index in [2.05, 4.69) is 20.3 Å². The Morgan fingerprint density at radius 3 is 2.85 bits per heavy atom. The highest BCUT2D eigenvalue weighted by atomic mass is 16.5. The van der Waals surface area contributed by atoms with Crippen molar-refractivity contribution in [3.63, 3.8) is 0 Å². The molecule has 0 fully saturated rings. The lowest BCUT2D eigenvalue weighted by atomic mass is 10.2. The maximum Gasteiger partial charge on any atom is 0.316 e. The van der Waals surface area contributed by atoms with Crippen LogP contribution in [0.15, 0.2) is 30.7 Å². The zero-order valence-electron chi connectivity index (χ0n) is 11.4. The minimum atomic E-state index is 0.00786. The van der Waals surface area contributed by atoms with Crippen LogP contribution in [-0.4, -0.2) is 27.5 Å². The predicted octanol–water partition coefficient (Wildman–Crippen LogP) is 1.45. The van der Waals surface area contributed by atoms with Gasteiger partial charge in [0.25, 0.3) is 0 Å². The Morgan fingerprint density at radius 1 is 1.40 bits per heavy atom. The lowest BCUT2D eigenvalue weighted by molar-refractivity contribution is -0.121. The largest absolute Gasteiger partial charge is 0.464 e. The van der Waals surface area contributed by atoms with E-state index in [-0.39, 0.29) is 5.91 Å². The van der Waals surface area contributed by atoms with E-state index in [1.54, 1.807) is 12.4 Å². The van der Waals surface area contributed by atoms with Crippen molar-refractivity contribution in [2.24, 2.45) is 0 Å². The third-order valence-corrected chi connectivity index (χ3v) is 2.73. The summed E-state index contributed by atoms with van der Waals surface area (Å²) in [5, 5.41) is 2.85. The molecule has 0 aliphatic carbocycles. The summed E-state index contributed by atoms with van der Waals surface area (Å²) < 4.78 is 5.16. The number of amides is 1. The number of carbonyl (C=O) groups is 1. The Labute approximate surface area is 117 Å². The first-order valence-electron chi connectivity index (χ1n) is 6.60. The average molecular weight is 274 g/mol. The van der Waals surface area contributed by atoms with E-state index in [0.29, 0.717) is 32.0 Å². The van der Waals surface area contributed by atoms with Crippen molar-refractivity contribution >= 4 is 5.91 Å². The van der Waals surface area contributed by atoms with E-state index in [1.807, 2.05) is 25.3 Å². The third-order valence-electron chi connectivity index (χ3n) is 2.73. The van der Waals surface area contributed by atoms with Crippen molar-refractivity contribution in [2.45, 2.75) is 26.3 Å². The fourth-order valence-electron chi connectivity index (χ4n) is 1.69. The zero-order chi connectivity index (χ0) is 14.2. The highest BCUT2D eigenvalue weighted by Gasteiger charge is 2.04. The fourth-order valence-corrected chi connectivity index (χ4v) is 1.69. The summed E-state index contributed by atoms with van der Waals surface area (Å²) in [6, 6.07) is 4.20. The van der Waals surface area contributed by atoms with Crippen LogP contribution in [-0.2, 0) is 17.8 Å². The standard InChI is InChI=1S/C14H18N4O2/c1-2-20-14-17-8-11(9-18-14)5-6-13(19)16-10-12-4-3-7-15-12/h3-4,7-9,15H,2,5-6,10H2,1H3,(H,16,19). The summed E-state index contributed by atoms with van der Waals surface area (Å²) in [6.07, 6.45) is 6.24. The quantitative estimate of drug-likeness (QED) is 0.801. The van der Waals surface area contributed by atoms with Crippen LogP contribution in [0.5, 0.6) is 6.01 Å². The lowest BCUT2D eigenvalue weighted by Gasteiger charge is -2.04. The molecule has 2 N–H and O–H groups in total. The summed E-state index contributed by atoms with van der Waals surface area (Å²) >= 11 is 0. The molecule has 6 nitrogen and oxygen atoms in total. The molecule has 0 spiro atoms. The van der Waals surface area contributed by atoms with Crippen LogP contribution in [0.2, 0.25) is 0 Å². The van der Waals surface area contributed by atoms with E-state index in [1.165, 1.54) is 0 Å². The molecular weight excluding hydrogens is 256 g/mol. The van der Waals surface area contributed by atoms with Gasteiger partial charge in [-0.3, -0.25) is 4.79 Å². The number of nitrogens with zero attached hydrogens (tertiary/aromatic N) is 2. The van der Waals surface area contributed by atoms with Crippen LogP contribution >= 0.6 is 0 Å². The van der Waals surface area contributed by atoms with Gasteiger partial charge in [-0.1, -0.05) is 0 Å². The van der Waals surface area contributed by atoms with E-state index in [4.69, 9.17) is 4.74 Å². The van der Waals surface area contributed by atoms with Crippen LogP contribution in [0.1, 0.15) is 24.6 Å². The van der Waals surface area contributed by atoms with Gasteiger partial charge >= 0.3 is 6.01 Å². The highest BCUT2D eigenvalue weighted by Crippen LogP contribution is 2.05. The molecule has 0 aromatic carbocycles. The van der Waals surface area contributed by atoms with Crippen molar-refractivity contribution in [3.05, 3.63) is 42.0 Å². The number of H-pyrrole nitrogens is 1. The Balaban J connectivity index is 1.72. The van der Waals surface area contributed by atoms with Gasteiger partial charge in [0.05, 0.1) is 13.2 Å². The number of carbonyl (C=O) groups excluding carboxylic acids is 1. The number of nitrogens with one attached hydrogen (secondary N) is 2. The first kappa shape index (κ1) is 14.0. The number of rotatable bonds is 7. The molecule has 20 heavy (non-hydrogen) atoms. The van der Waals surface area contributed by atoms with Gasteiger partial charge in [0.2, 0.25) is 5.91 Å². The van der Waals surface area contributed by atoms with Crippen molar-refractivity contribution in [1.82, 2.24) is 20.3 Å². The van der Waals surface area contributed by atoms with Crippen molar-refractivity contribution < 1.29 is 9.53 Å². The van der Waals surface area contributed by atoms with Gasteiger partial charge in [-0.25, -0.2) is 9.97 Å². The number of hydrogen-bond acceptors (Lipinski definition) is 4. The molecule has 2 aromatic heterocycles. The molecule has 0 unspecified atom stereocenters. The maximum absolute atomic E-state index is 11.7. The molecule has 0 bridgehead atoms. The maximum atomic E-state index is 11.7. The topological polar surface area (TPSA) is 79.9 Å². The predicted molar refractivity (Wildman–Crippen MR) is 74.2 cm³/mol. The summed E-state index contributed by atoms with van der Waals surface area (Å²) in [4.78, 5) is 22.9. The smallest absolute Gasteiger partial charge is 0.316 e. The summed E-state index contributed by atoms with van der Waals surface area (Å²) in [5.74, 6) is 0.00786. The molecule has 106 valence electrons. The van der Waals surface area contributed by atoms with Crippen LogP contribution in [0.4, 0.5) is 0 Å². The van der Waals surface area contributed by atoms with E-state index in [9.17, 15) is 4.79 Å². The van der Waals surface area contributed by atoms with E-state index in [0.717, 1.165) is 11.3 Å². The molecule has 1 amide bonds. The van der Waals surface area contributed by atoms with Gasteiger partial charge < -0.3 is 15.0 Å². The summed E-state index contributed by atoms with van der Waals surface area (Å²) in [5.41, 5.74) is 1.91. The molecule has 0 saturated heterocycles. The van der Waals surface area contributed by atoms with Crippen molar-refractivity contribution in [3.8, 4) is 6.01 Å². The molecule has 0 radical (unpaired) electrons. The van der Waals surface area contributed by atoms with Crippen LogP contribution in [0.3, 0.4) is 0 Å². The number of aromatic nitrogens is 3. The fraction of sp³-hybridized carbons (Fsp3) is 0.357. The van der Waals surface area contributed by atoms with Gasteiger partial charge in [0.1, 0.15) is 0 Å². The lowest BCUT2D eigenvalue weighted by Crippen LogP contribution is -2.23. The van der Waals surface area contributed by atoms with Gasteiger partial charge in [0, 0.05) is 30.7 Å². The normalized spacial score (nSPS) is 10.2. The zero-order valence-corrected chi connectivity index (χ0v) is 11.4. The van der Waals surface area contributed by atoms with E-state index >= 15 is 0 Å². The molecule has 2 rings (SSSR count). The number of aryl methyl sites for hydroxylation is 1. The molecule has 0 aliphatic rings. The number of aromatic amines is 1. The molecule has 2 heterocycles. The second-order valence-corrected chi connectivity index (χ2v) is 4.28. The number of ether oxygens (including phenoxy) is 1. The summed E-state index contributed by atoms with van der Waals surface area (Å²) in [6.45, 7) is 2.94. The Kier molecular flexibility index (Phi) is 5.11. The second kappa shape index (κ2) is 7.28. The Morgan fingerprint density at radius 2 is 2.20 bits per heavy atom. The minimum absolute atomic E-state index is 0.00786. The Bertz CT molecular complexity index is 523. The average Bonchev–Trinajstić information content (AvgIpc) is 2.98. The minimum Gasteiger partial charge on any atom is -0.464 e. The van der Waals surface area contributed by atoms with Gasteiger partial charge in [-0.2, -0.15) is 0 Å². The molecule has 2 aromatic rings. The molecule has 0 aliphatic heterocycles. The van der Waals surface area contributed by atoms with Gasteiger partial charge in [-0.15, -0.1) is 0 Å². The monoisotopic (exact) mass is 274 g/mol. The van der Waals surface area contributed by atoms with Crippen molar-refractivity contribution in [1.29, 1.82) is 0 Å². The van der Waals surface area contributed by atoms with Crippen LogP contribution in [0.25, 0.3) is 0 Å². The SMILES string of the molecule is CCOc1ncc(CCC(=O)NCc2ccc[nH]2)cn1. The summed E-state index contributed by atoms with van der Waals surface area (Å²) in [7, 11) is 0. The molecule has 0 saturated carbocycles. The van der Waals surface area contributed by atoms with Crippen molar-refractivity contribution in [2.75, 3.05) is 6.61 Å². The molecule has 0 atom stereocenters. The van der Waals surface area contributed by atoms with Gasteiger partial charge in [0.15, 0.2) is 0 Å². The third kappa shape index (κ3) is 4.38. The van der Waals surface area contributed by atoms with E-state index < -0.39 is 0 Å². The molecule has 6 heteroatoms. The Hall–Kier alpha value is -2.37. The molecular formula is C14H18N4O2. The van der Waals surface area contributed by atoms with Crippen LogP contribution < -0.4 is 10.1 Å². The first-order chi connectivity index (χ1) is 9.78. The van der Waals surface area contributed by atoms with Gasteiger partial charge in [-0.05, 0) is 31.0 Å². The first-order valence-corrected chi connectivity index (χ1v) is 6.60. The number of hydrogen-bond donors (Lipinski definition) is 2. The second-order valence-electron chi connectivity index (χ2n) is 4.28. The highest BCUT2D eigenvalue weighted by molar-refractivity contribution is 5.76. The van der Waals surface area contributed by atoms with Crippen LogP contribution in [0, 0.1) is 0 Å².